The van der Waals surface area contributed by atoms with Gasteiger partial charge in [-0.15, -0.1) is 11.3 Å². The molecule has 106 valence electrons. The van der Waals surface area contributed by atoms with Gasteiger partial charge in [0.1, 0.15) is 5.75 Å². The standard InChI is InChI=1S/C16H13NO3S/c1-10-6-7-21-14(10)9-13-16(18)20-15(17-13)11-4-3-5-12(8-11)19-2/h3-9H,1-2H3/b13-9+. The second-order valence-electron chi connectivity index (χ2n) is 4.54. The van der Waals surface area contributed by atoms with E-state index in [4.69, 9.17) is 9.47 Å². The SMILES string of the molecule is COc1cccc(C2=N/C(=C/c3sccc3C)C(=O)O2)c1. The lowest BCUT2D eigenvalue weighted by molar-refractivity contribution is -0.129. The number of ether oxygens (including phenoxy) is 2. The van der Waals surface area contributed by atoms with Crippen LogP contribution in [0.1, 0.15) is 16.0 Å². The van der Waals surface area contributed by atoms with Crippen LogP contribution in [0.4, 0.5) is 0 Å². The fraction of sp³-hybridized carbons (Fsp3) is 0.125. The van der Waals surface area contributed by atoms with Crippen molar-refractivity contribution >= 4 is 29.3 Å². The minimum Gasteiger partial charge on any atom is -0.497 e. The molecule has 21 heavy (non-hydrogen) atoms. The molecule has 3 rings (SSSR count). The molecule has 0 saturated heterocycles. The number of carbonyl (C=O) groups is 1. The first-order valence-corrected chi connectivity index (χ1v) is 7.26. The Bertz CT molecular complexity index is 758. The van der Waals surface area contributed by atoms with Crippen LogP contribution in [0.3, 0.4) is 0 Å². The molecule has 0 saturated carbocycles. The van der Waals surface area contributed by atoms with E-state index in [1.165, 1.54) is 0 Å². The van der Waals surface area contributed by atoms with Gasteiger partial charge < -0.3 is 9.47 Å². The molecule has 0 N–H and O–H groups in total. The first kappa shape index (κ1) is 13.6. The second kappa shape index (κ2) is 5.54. The maximum absolute atomic E-state index is 11.9. The van der Waals surface area contributed by atoms with E-state index in [1.807, 2.05) is 36.6 Å². The lowest BCUT2D eigenvalue weighted by atomic mass is 10.2. The molecular formula is C16H13NO3S. The topological polar surface area (TPSA) is 47.9 Å². The summed E-state index contributed by atoms with van der Waals surface area (Å²) in [4.78, 5) is 17.2. The first-order chi connectivity index (χ1) is 10.2. The summed E-state index contributed by atoms with van der Waals surface area (Å²) in [7, 11) is 1.59. The van der Waals surface area contributed by atoms with Gasteiger partial charge in [0.25, 0.3) is 0 Å². The molecule has 1 aromatic heterocycles. The van der Waals surface area contributed by atoms with Crippen molar-refractivity contribution in [3.8, 4) is 5.75 Å². The number of hydrogen-bond donors (Lipinski definition) is 0. The van der Waals surface area contributed by atoms with Crippen molar-refractivity contribution in [2.75, 3.05) is 7.11 Å². The van der Waals surface area contributed by atoms with E-state index < -0.39 is 5.97 Å². The summed E-state index contributed by atoms with van der Waals surface area (Å²) < 4.78 is 10.4. The van der Waals surface area contributed by atoms with E-state index in [9.17, 15) is 4.79 Å². The Balaban J connectivity index is 1.95. The molecule has 0 unspecified atom stereocenters. The summed E-state index contributed by atoms with van der Waals surface area (Å²) in [6.45, 7) is 2.00. The highest BCUT2D eigenvalue weighted by molar-refractivity contribution is 7.11. The summed E-state index contributed by atoms with van der Waals surface area (Å²) in [6.07, 6.45) is 1.76. The Kier molecular flexibility index (Phi) is 3.58. The number of carbonyl (C=O) groups excluding carboxylic acids is 1. The molecule has 0 bridgehead atoms. The molecule has 0 fully saturated rings. The van der Waals surface area contributed by atoms with Crippen molar-refractivity contribution in [2.24, 2.45) is 4.99 Å². The number of esters is 1. The van der Waals surface area contributed by atoms with Gasteiger partial charge in [-0.2, -0.15) is 0 Å². The van der Waals surface area contributed by atoms with E-state index >= 15 is 0 Å². The zero-order chi connectivity index (χ0) is 14.8. The van der Waals surface area contributed by atoms with Gasteiger partial charge in [0, 0.05) is 10.4 Å². The van der Waals surface area contributed by atoms with Gasteiger partial charge in [0.15, 0.2) is 5.70 Å². The number of thiophene rings is 1. The fourth-order valence-corrected chi connectivity index (χ4v) is 2.80. The van der Waals surface area contributed by atoms with Crippen molar-refractivity contribution in [3.63, 3.8) is 0 Å². The molecule has 4 nitrogen and oxygen atoms in total. The summed E-state index contributed by atoms with van der Waals surface area (Å²) in [5.74, 6) is 0.567. The summed E-state index contributed by atoms with van der Waals surface area (Å²) in [6, 6.07) is 9.27. The van der Waals surface area contributed by atoms with Gasteiger partial charge in [-0.1, -0.05) is 6.07 Å². The third kappa shape index (κ3) is 2.73. The highest BCUT2D eigenvalue weighted by Crippen LogP contribution is 2.24. The maximum Gasteiger partial charge on any atom is 0.363 e. The highest BCUT2D eigenvalue weighted by Gasteiger charge is 2.24. The zero-order valence-corrected chi connectivity index (χ0v) is 12.4. The number of rotatable bonds is 3. The smallest absolute Gasteiger partial charge is 0.363 e. The number of methoxy groups -OCH3 is 1. The minimum absolute atomic E-state index is 0.305. The fourth-order valence-electron chi connectivity index (χ4n) is 1.95. The molecule has 0 spiro atoms. The van der Waals surface area contributed by atoms with E-state index in [2.05, 4.69) is 4.99 Å². The van der Waals surface area contributed by atoms with Gasteiger partial charge in [0.2, 0.25) is 5.90 Å². The predicted molar refractivity (Wildman–Crippen MR) is 82.7 cm³/mol. The number of cyclic esters (lactones) is 1. The van der Waals surface area contributed by atoms with Crippen LogP contribution < -0.4 is 4.74 Å². The van der Waals surface area contributed by atoms with Crippen LogP contribution in [-0.2, 0) is 9.53 Å². The highest BCUT2D eigenvalue weighted by atomic mass is 32.1. The Labute approximate surface area is 126 Å². The van der Waals surface area contributed by atoms with Gasteiger partial charge >= 0.3 is 5.97 Å². The second-order valence-corrected chi connectivity index (χ2v) is 5.48. The van der Waals surface area contributed by atoms with Crippen LogP contribution in [0.2, 0.25) is 0 Å². The van der Waals surface area contributed by atoms with Crippen LogP contribution in [0.25, 0.3) is 6.08 Å². The van der Waals surface area contributed by atoms with Gasteiger partial charge in [-0.05, 0) is 48.2 Å². The monoisotopic (exact) mass is 299 g/mol. The largest absolute Gasteiger partial charge is 0.497 e. The zero-order valence-electron chi connectivity index (χ0n) is 11.6. The van der Waals surface area contributed by atoms with E-state index in [-0.39, 0.29) is 0 Å². The molecule has 0 amide bonds. The molecule has 1 aromatic carbocycles. The molecule has 0 radical (unpaired) electrons. The molecule has 1 aliphatic heterocycles. The summed E-state index contributed by atoms with van der Waals surface area (Å²) in [5.41, 5.74) is 2.15. The molecule has 5 heteroatoms. The number of nitrogens with zero attached hydrogens (tertiary/aromatic N) is 1. The molecular weight excluding hydrogens is 286 g/mol. The normalized spacial score (nSPS) is 16.0. The first-order valence-electron chi connectivity index (χ1n) is 6.38. The lowest BCUT2D eigenvalue weighted by Gasteiger charge is -2.02. The van der Waals surface area contributed by atoms with Crippen molar-refractivity contribution in [2.45, 2.75) is 6.92 Å². The van der Waals surface area contributed by atoms with Crippen molar-refractivity contribution < 1.29 is 14.3 Å². The van der Waals surface area contributed by atoms with Gasteiger partial charge in [-0.25, -0.2) is 9.79 Å². The number of hydrogen-bond acceptors (Lipinski definition) is 5. The Morgan fingerprint density at radius 3 is 2.90 bits per heavy atom. The summed E-state index contributed by atoms with van der Waals surface area (Å²) >= 11 is 1.57. The van der Waals surface area contributed by atoms with Crippen molar-refractivity contribution in [1.29, 1.82) is 0 Å². The van der Waals surface area contributed by atoms with E-state index in [0.717, 1.165) is 10.4 Å². The average Bonchev–Trinajstić information content (AvgIpc) is 3.07. The van der Waals surface area contributed by atoms with Crippen LogP contribution in [-0.4, -0.2) is 19.0 Å². The molecule has 0 atom stereocenters. The Morgan fingerprint density at radius 1 is 1.33 bits per heavy atom. The van der Waals surface area contributed by atoms with Gasteiger partial charge in [0.05, 0.1) is 7.11 Å². The third-order valence-electron chi connectivity index (χ3n) is 3.11. The summed E-state index contributed by atoms with van der Waals surface area (Å²) in [5, 5.41) is 1.98. The van der Waals surface area contributed by atoms with Crippen molar-refractivity contribution in [3.05, 3.63) is 57.4 Å². The molecule has 2 heterocycles. The molecule has 2 aromatic rings. The van der Waals surface area contributed by atoms with E-state index in [1.54, 1.807) is 30.6 Å². The van der Waals surface area contributed by atoms with Crippen LogP contribution in [0.15, 0.2) is 46.4 Å². The quantitative estimate of drug-likeness (QED) is 0.644. The van der Waals surface area contributed by atoms with Crippen LogP contribution >= 0.6 is 11.3 Å². The van der Waals surface area contributed by atoms with Crippen molar-refractivity contribution in [1.82, 2.24) is 0 Å². The Morgan fingerprint density at radius 2 is 2.19 bits per heavy atom. The van der Waals surface area contributed by atoms with Gasteiger partial charge in [-0.3, -0.25) is 0 Å². The number of benzene rings is 1. The average molecular weight is 299 g/mol. The predicted octanol–water partition coefficient (Wildman–Crippen LogP) is 3.41. The number of aryl methyl sites for hydroxylation is 1. The van der Waals surface area contributed by atoms with Crippen LogP contribution in [0, 0.1) is 6.92 Å². The molecule has 1 aliphatic rings. The third-order valence-corrected chi connectivity index (χ3v) is 4.07. The lowest BCUT2D eigenvalue weighted by Crippen LogP contribution is -2.05. The minimum atomic E-state index is -0.430. The Hall–Kier alpha value is -2.40. The van der Waals surface area contributed by atoms with E-state index in [0.29, 0.717) is 22.9 Å². The molecule has 0 aliphatic carbocycles. The maximum atomic E-state index is 11.9. The van der Waals surface area contributed by atoms with Crippen LogP contribution in [0.5, 0.6) is 5.75 Å². The number of aliphatic imine (C=N–C) groups is 1.